The summed E-state index contributed by atoms with van der Waals surface area (Å²) < 4.78 is 28.0. The Morgan fingerprint density at radius 2 is 2.18 bits per heavy atom. The van der Waals surface area contributed by atoms with Crippen LogP contribution in [0.3, 0.4) is 0 Å². The van der Waals surface area contributed by atoms with E-state index >= 15 is 0 Å². The van der Waals surface area contributed by atoms with Gasteiger partial charge in [-0.3, -0.25) is 0 Å². The van der Waals surface area contributed by atoms with Crippen LogP contribution in [0, 0.1) is 5.92 Å². The highest BCUT2D eigenvalue weighted by atomic mass is 79.9. The third kappa shape index (κ3) is 3.29. The van der Waals surface area contributed by atoms with Crippen LogP contribution in [0.4, 0.5) is 0 Å². The summed E-state index contributed by atoms with van der Waals surface area (Å²) in [4.78, 5) is 0. The van der Waals surface area contributed by atoms with Crippen molar-refractivity contribution in [1.82, 2.24) is 4.72 Å². The predicted molar refractivity (Wildman–Crippen MR) is 74.6 cm³/mol. The van der Waals surface area contributed by atoms with Crippen molar-refractivity contribution in [3.63, 3.8) is 0 Å². The molecule has 0 bridgehead atoms. The molecular formula is C10H17BrN2O2S2. The molecule has 17 heavy (non-hydrogen) atoms. The van der Waals surface area contributed by atoms with E-state index in [4.69, 9.17) is 5.73 Å². The number of rotatable bonds is 5. The lowest BCUT2D eigenvalue weighted by molar-refractivity contribution is 0.315. The normalized spacial score (nSPS) is 16.1. The summed E-state index contributed by atoms with van der Waals surface area (Å²) in [6, 6.07) is 1.72. The Labute approximate surface area is 115 Å². The van der Waals surface area contributed by atoms with Crippen LogP contribution in [0.15, 0.2) is 20.1 Å². The Morgan fingerprint density at radius 3 is 2.53 bits per heavy atom. The molecule has 1 rings (SSSR count). The van der Waals surface area contributed by atoms with Crippen molar-refractivity contribution in [2.75, 3.05) is 6.54 Å². The summed E-state index contributed by atoms with van der Waals surface area (Å²) in [5, 5.41) is 1.73. The van der Waals surface area contributed by atoms with E-state index in [9.17, 15) is 8.42 Å². The molecule has 0 saturated heterocycles. The maximum absolute atomic E-state index is 12.2. The summed E-state index contributed by atoms with van der Waals surface area (Å²) in [6.07, 6.45) is 0. The first-order valence-electron chi connectivity index (χ1n) is 5.20. The quantitative estimate of drug-likeness (QED) is 0.862. The van der Waals surface area contributed by atoms with E-state index in [0.29, 0.717) is 4.47 Å². The molecule has 4 nitrogen and oxygen atoms in total. The second-order valence-electron chi connectivity index (χ2n) is 4.44. The van der Waals surface area contributed by atoms with Gasteiger partial charge in [-0.2, -0.15) is 0 Å². The molecule has 7 heteroatoms. The Hall–Kier alpha value is 0.0500. The number of nitrogens with one attached hydrogen (secondary N) is 1. The van der Waals surface area contributed by atoms with Crippen molar-refractivity contribution in [3.8, 4) is 0 Å². The molecule has 0 aliphatic carbocycles. The molecule has 0 aliphatic heterocycles. The molecule has 0 aliphatic rings. The maximum atomic E-state index is 12.2. The van der Waals surface area contributed by atoms with Crippen LogP contribution in [0.5, 0.6) is 0 Å². The van der Waals surface area contributed by atoms with Crippen molar-refractivity contribution in [3.05, 3.63) is 15.9 Å². The molecule has 98 valence electrons. The van der Waals surface area contributed by atoms with Gasteiger partial charge in [0, 0.05) is 16.6 Å². The lowest BCUT2D eigenvalue weighted by Gasteiger charge is -2.32. The van der Waals surface area contributed by atoms with Crippen molar-refractivity contribution < 1.29 is 8.42 Å². The topological polar surface area (TPSA) is 72.2 Å². The summed E-state index contributed by atoms with van der Waals surface area (Å²) in [6.45, 7) is 5.96. The zero-order valence-corrected chi connectivity index (χ0v) is 13.2. The van der Waals surface area contributed by atoms with Gasteiger partial charge < -0.3 is 5.73 Å². The molecule has 3 N–H and O–H groups in total. The predicted octanol–water partition coefficient (Wildman–Crippen LogP) is 2.16. The van der Waals surface area contributed by atoms with Gasteiger partial charge in [0.25, 0.3) is 10.0 Å². The van der Waals surface area contributed by atoms with Gasteiger partial charge in [-0.25, -0.2) is 13.1 Å². The summed E-state index contributed by atoms with van der Waals surface area (Å²) in [5.74, 6) is 0.112. The molecule has 0 aromatic carbocycles. The minimum Gasteiger partial charge on any atom is -0.329 e. The maximum Gasteiger partial charge on any atom is 0.251 e. The van der Waals surface area contributed by atoms with Crippen LogP contribution in [-0.4, -0.2) is 20.5 Å². The minimum atomic E-state index is -3.52. The molecule has 1 aromatic rings. The van der Waals surface area contributed by atoms with Gasteiger partial charge in [0.15, 0.2) is 0 Å². The molecule has 0 spiro atoms. The SMILES string of the molecule is CC(C)C(C)(CN)NS(=O)(=O)c1sccc1Br. The summed E-state index contributed by atoms with van der Waals surface area (Å²) in [5.41, 5.74) is 5.03. The number of thiophene rings is 1. The van der Waals surface area contributed by atoms with Crippen LogP contribution >= 0.6 is 27.3 Å². The standard InChI is InChI=1S/C10H17BrN2O2S2/c1-7(2)10(3,6-12)13-17(14,15)9-8(11)4-5-16-9/h4-5,7,13H,6,12H2,1-3H3. The van der Waals surface area contributed by atoms with Crippen molar-refractivity contribution in [2.24, 2.45) is 11.7 Å². The van der Waals surface area contributed by atoms with Gasteiger partial charge in [0.1, 0.15) is 4.21 Å². The lowest BCUT2D eigenvalue weighted by atomic mass is 9.90. The fourth-order valence-electron chi connectivity index (χ4n) is 1.22. The molecule has 1 unspecified atom stereocenters. The van der Waals surface area contributed by atoms with Gasteiger partial charge >= 0.3 is 0 Å². The van der Waals surface area contributed by atoms with E-state index in [2.05, 4.69) is 20.7 Å². The smallest absolute Gasteiger partial charge is 0.251 e. The molecule has 0 radical (unpaired) electrons. The minimum absolute atomic E-state index is 0.112. The van der Waals surface area contributed by atoms with Gasteiger partial charge in [-0.1, -0.05) is 13.8 Å². The second-order valence-corrected chi connectivity index (χ2v) is 8.09. The molecule has 0 amide bonds. The van der Waals surface area contributed by atoms with E-state index in [1.54, 1.807) is 11.4 Å². The zero-order chi connectivity index (χ0) is 13.3. The highest BCUT2D eigenvalue weighted by molar-refractivity contribution is 9.10. The number of halogens is 1. The second kappa shape index (κ2) is 5.36. The van der Waals surface area contributed by atoms with Crippen molar-refractivity contribution in [1.29, 1.82) is 0 Å². The Kier molecular flexibility index (Phi) is 4.76. The summed E-state index contributed by atoms with van der Waals surface area (Å²) in [7, 11) is -3.52. The van der Waals surface area contributed by atoms with Crippen LogP contribution in [-0.2, 0) is 10.0 Å². The van der Waals surface area contributed by atoms with Crippen LogP contribution in [0.2, 0.25) is 0 Å². The fourth-order valence-corrected chi connectivity index (χ4v) is 5.10. The van der Waals surface area contributed by atoms with E-state index < -0.39 is 15.6 Å². The molecule has 0 fully saturated rings. The Balaban J connectivity index is 3.06. The van der Waals surface area contributed by atoms with Gasteiger partial charge in [-0.05, 0) is 40.2 Å². The summed E-state index contributed by atoms with van der Waals surface area (Å²) >= 11 is 4.41. The number of hydrogen-bond donors (Lipinski definition) is 2. The Morgan fingerprint density at radius 1 is 1.59 bits per heavy atom. The van der Waals surface area contributed by atoms with Crippen LogP contribution in [0.25, 0.3) is 0 Å². The van der Waals surface area contributed by atoms with Gasteiger partial charge in [-0.15, -0.1) is 11.3 Å². The number of hydrogen-bond acceptors (Lipinski definition) is 4. The van der Waals surface area contributed by atoms with Crippen LogP contribution in [0.1, 0.15) is 20.8 Å². The Bertz CT molecular complexity index is 484. The fraction of sp³-hybridized carbons (Fsp3) is 0.600. The molecule has 1 heterocycles. The average Bonchev–Trinajstić information content (AvgIpc) is 2.64. The molecule has 0 saturated carbocycles. The largest absolute Gasteiger partial charge is 0.329 e. The lowest BCUT2D eigenvalue weighted by Crippen LogP contribution is -2.54. The average molecular weight is 341 g/mol. The zero-order valence-electron chi connectivity index (χ0n) is 10.0. The number of sulfonamides is 1. The molecule has 1 atom stereocenters. The highest BCUT2D eigenvalue weighted by Gasteiger charge is 2.33. The third-order valence-electron chi connectivity index (χ3n) is 2.89. The van der Waals surface area contributed by atoms with E-state index in [1.807, 2.05) is 20.8 Å². The molecular weight excluding hydrogens is 324 g/mol. The van der Waals surface area contributed by atoms with Gasteiger partial charge in [0.05, 0.1) is 0 Å². The van der Waals surface area contributed by atoms with E-state index in [-0.39, 0.29) is 16.7 Å². The first-order valence-corrected chi connectivity index (χ1v) is 8.35. The first kappa shape index (κ1) is 15.1. The monoisotopic (exact) mass is 340 g/mol. The van der Waals surface area contributed by atoms with Crippen molar-refractivity contribution >= 4 is 37.3 Å². The molecule has 1 aromatic heterocycles. The van der Waals surface area contributed by atoms with Gasteiger partial charge in [0.2, 0.25) is 0 Å². The van der Waals surface area contributed by atoms with Crippen LogP contribution < -0.4 is 10.5 Å². The first-order chi connectivity index (χ1) is 7.73. The number of nitrogens with two attached hydrogens (primary N) is 1. The third-order valence-corrected chi connectivity index (χ3v) is 7.18. The highest BCUT2D eigenvalue weighted by Crippen LogP contribution is 2.29. The van der Waals surface area contributed by atoms with E-state index in [1.165, 1.54) is 11.3 Å². The van der Waals surface area contributed by atoms with Crippen molar-refractivity contribution in [2.45, 2.75) is 30.5 Å². The van der Waals surface area contributed by atoms with E-state index in [0.717, 1.165) is 0 Å².